The Morgan fingerprint density at radius 3 is 1.98 bits per heavy atom. The molecule has 0 N–H and O–H groups in total. The van der Waals surface area contributed by atoms with Crippen molar-refractivity contribution in [2.24, 2.45) is 0 Å². The van der Waals surface area contributed by atoms with Crippen molar-refractivity contribution in [3.63, 3.8) is 0 Å². The molecule has 5 nitrogen and oxygen atoms in total. The summed E-state index contributed by atoms with van der Waals surface area (Å²) in [6.45, 7) is 29.0. The van der Waals surface area contributed by atoms with Crippen molar-refractivity contribution in [1.29, 1.82) is 0 Å². The third-order valence-corrected chi connectivity index (χ3v) is 19.7. The molecule has 7 heteroatoms. The molecular formula is C41H66O5Si2. The van der Waals surface area contributed by atoms with Gasteiger partial charge in [0.25, 0.3) is 0 Å². The van der Waals surface area contributed by atoms with Gasteiger partial charge >= 0.3 is 0 Å². The molecule has 0 radical (unpaired) electrons. The molecule has 3 rings (SSSR count). The first-order valence-corrected chi connectivity index (χ1v) is 24.0. The van der Waals surface area contributed by atoms with Crippen LogP contribution in [0, 0.1) is 0 Å². The van der Waals surface area contributed by atoms with Crippen LogP contribution in [0.2, 0.25) is 36.3 Å². The van der Waals surface area contributed by atoms with Crippen LogP contribution in [0.25, 0.3) is 12.2 Å². The number of hydrogen-bond donors (Lipinski definition) is 0. The lowest BCUT2D eigenvalue weighted by Gasteiger charge is -2.37. The van der Waals surface area contributed by atoms with Crippen molar-refractivity contribution in [2.45, 2.75) is 162 Å². The summed E-state index contributed by atoms with van der Waals surface area (Å²) in [6.07, 6.45) is 10.4. The van der Waals surface area contributed by atoms with Crippen LogP contribution in [0.1, 0.15) is 122 Å². The zero-order valence-corrected chi connectivity index (χ0v) is 34.4. The second-order valence-corrected chi connectivity index (χ2v) is 27.0. The predicted octanol–water partition coefficient (Wildman–Crippen LogP) is 11.5. The standard InChI is InChI=1S/C41H66O5Si2/c1-39(2,3)47(9,10)44-30-35-25-24-34(29-36(35)31-45-48(11,12)40(4,5)6)23-22-33-20-16-19-32(28-33)18-14-13-15-26-41(7,8)46-38-37(42)21-17-27-43-38/h16,19-20,22-25,28-29,38H,13-15,17-18,21,26-27,30-31H2,1-12H3. The van der Waals surface area contributed by atoms with Crippen molar-refractivity contribution < 1.29 is 23.1 Å². The highest BCUT2D eigenvalue weighted by molar-refractivity contribution is 6.74. The zero-order valence-electron chi connectivity index (χ0n) is 32.4. The summed E-state index contributed by atoms with van der Waals surface area (Å²) in [4.78, 5) is 12.1. The Bertz CT molecular complexity index is 1360. The molecule has 1 atom stereocenters. The Hall–Kier alpha value is -1.88. The molecule has 1 aliphatic rings. The summed E-state index contributed by atoms with van der Waals surface area (Å²) in [7, 11) is -3.79. The van der Waals surface area contributed by atoms with Crippen LogP contribution >= 0.6 is 0 Å². The number of benzene rings is 2. The smallest absolute Gasteiger partial charge is 0.218 e. The highest BCUT2D eigenvalue weighted by Crippen LogP contribution is 2.39. The SMILES string of the molecule is CC(C)(CCCCCc1cccc(C=Cc2ccc(CO[Si](C)(C)C(C)(C)C)c(CO[Si](C)(C)C(C)(C)C)c2)c1)OC1OCCCC1=O. The first-order valence-electron chi connectivity index (χ1n) is 18.2. The lowest BCUT2D eigenvalue weighted by molar-refractivity contribution is -0.212. The Kier molecular flexibility index (Phi) is 14.3. The minimum atomic E-state index is -1.91. The molecule has 1 fully saturated rings. The molecule has 0 aliphatic carbocycles. The van der Waals surface area contributed by atoms with Gasteiger partial charge in [-0.25, -0.2) is 0 Å². The van der Waals surface area contributed by atoms with Crippen molar-refractivity contribution in [2.75, 3.05) is 6.61 Å². The summed E-state index contributed by atoms with van der Waals surface area (Å²) < 4.78 is 25.0. The van der Waals surface area contributed by atoms with E-state index in [2.05, 4.69) is 136 Å². The molecule has 0 aromatic heterocycles. The van der Waals surface area contributed by atoms with Gasteiger partial charge in [0, 0.05) is 6.42 Å². The van der Waals surface area contributed by atoms with E-state index in [4.69, 9.17) is 18.3 Å². The highest BCUT2D eigenvalue weighted by atomic mass is 28.4. The minimum Gasteiger partial charge on any atom is -0.413 e. The number of hydrogen-bond acceptors (Lipinski definition) is 5. The Morgan fingerprint density at radius 1 is 0.771 bits per heavy atom. The molecule has 1 unspecified atom stereocenters. The molecular weight excluding hydrogens is 629 g/mol. The molecule has 0 spiro atoms. The zero-order chi connectivity index (χ0) is 35.8. The van der Waals surface area contributed by atoms with Gasteiger partial charge in [-0.15, -0.1) is 0 Å². The number of Topliss-reactive ketones (excluding diaryl/α,β-unsaturated/α-hetero) is 1. The maximum Gasteiger partial charge on any atom is 0.218 e. The van der Waals surface area contributed by atoms with Crippen molar-refractivity contribution in [1.82, 2.24) is 0 Å². The van der Waals surface area contributed by atoms with Crippen molar-refractivity contribution in [3.05, 3.63) is 70.3 Å². The van der Waals surface area contributed by atoms with Gasteiger partial charge in [-0.1, -0.05) is 103 Å². The Balaban J connectivity index is 1.62. The van der Waals surface area contributed by atoms with Crippen LogP contribution in [-0.2, 0) is 42.8 Å². The van der Waals surface area contributed by atoms with E-state index in [1.165, 1.54) is 27.8 Å². The average Bonchev–Trinajstić information content (AvgIpc) is 2.98. The van der Waals surface area contributed by atoms with Crippen LogP contribution in [-0.4, -0.2) is 40.9 Å². The predicted molar refractivity (Wildman–Crippen MR) is 207 cm³/mol. The third kappa shape index (κ3) is 12.5. The maximum atomic E-state index is 12.1. The second kappa shape index (κ2) is 16.9. The summed E-state index contributed by atoms with van der Waals surface area (Å²) in [6, 6.07) is 15.6. The van der Waals surface area contributed by atoms with Gasteiger partial charge in [0.2, 0.25) is 6.29 Å². The Morgan fingerprint density at radius 2 is 1.38 bits per heavy atom. The van der Waals surface area contributed by atoms with Gasteiger partial charge in [0.15, 0.2) is 22.4 Å². The Labute approximate surface area is 295 Å². The van der Waals surface area contributed by atoms with E-state index in [0.717, 1.165) is 38.5 Å². The van der Waals surface area contributed by atoms with E-state index in [-0.39, 0.29) is 21.5 Å². The summed E-state index contributed by atoms with van der Waals surface area (Å²) >= 11 is 0. The number of unbranched alkanes of at least 4 members (excludes halogenated alkanes) is 2. The van der Waals surface area contributed by atoms with E-state index in [9.17, 15) is 4.79 Å². The fourth-order valence-corrected chi connectivity index (χ4v) is 7.07. The van der Waals surface area contributed by atoms with Crippen LogP contribution < -0.4 is 0 Å². The number of rotatable bonds is 16. The van der Waals surface area contributed by atoms with Crippen LogP contribution in [0.5, 0.6) is 0 Å². The van der Waals surface area contributed by atoms with Gasteiger partial charge in [0.05, 0.1) is 25.4 Å². The number of carbonyl (C=O) groups is 1. The first-order chi connectivity index (χ1) is 22.2. The molecule has 2 aromatic rings. The maximum absolute atomic E-state index is 12.1. The van der Waals surface area contributed by atoms with E-state index in [1.807, 2.05) is 0 Å². The van der Waals surface area contributed by atoms with Gasteiger partial charge in [0.1, 0.15) is 0 Å². The molecule has 1 heterocycles. The van der Waals surface area contributed by atoms with E-state index >= 15 is 0 Å². The highest BCUT2D eigenvalue weighted by Gasteiger charge is 2.38. The molecule has 1 aliphatic heterocycles. The van der Waals surface area contributed by atoms with Gasteiger partial charge in [-0.2, -0.15) is 0 Å². The molecule has 0 amide bonds. The molecule has 48 heavy (non-hydrogen) atoms. The normalized spacial score (nSPS) is 17.0. The third-order valence-electron chi connectivity index (χ3n) is 10.7. The lowest BCUT2D eigenvalue weighted by atomic mass is 9.98. The summed E-state index contributed by atoms with van der Waals surface area (Å²) in [5, 5.41) is 0.324. The minimum absolute atomic E-state index is 0.0723. The topological polar surface area (TPSA) is 54.0 Å². The fraction of sp³-hybridized carbons (Fsp3) is 0.634. The lowest BCUT2D eigenvalue weighted by Crippen LogP contribution is -2.41. The second-order valence-electron chi connectivity index (χ2n) is 17.4. The van der Waals surface area contributed by atoms with E-state index in [1.54, 1.807) is 0 Å². The molecule has 0 saturated carbocycles. The number of ether oxygens (including phenoxy) is 2. The molecule has 2 aromatic carbocycles. The molecule has 1 saturated heterocycles. The van der Waals surface area contributed by atoms with Crippen molar-refractivity contribution >= 4 is 34.6 Å². The van der Waals surface area contributed by atoms with Crippen LogP contribution in [0.15, 0.2) is 42.5 Å². The summed E-state index contributed by atoms with van der Waals surface area (Å²) in [5.41, 5.74) is 5.83. The monoisotopic (exact) mass is 694 g/mol. The number of carbonyl (C=O) groups excluding carboxylic acids is 1. The largest absolute Gasteiger partial charge is 0.413 e. The molecule has 268 valence electrons. The quantitative estimate of drug-likeness (QED) is 0.0994. The number of aryl methyl sites for hydroxylation is 1. The number of ketones is 1. The van der Waals surface area contributed by atoms with Gasteiger partial charge in [-0.05, 0) is 110 Å². The van der Waals surface area contributed by atoms with Gasteiger partial charge in [-0.3, -0.25) is 4.79 Å². The molecule has 0 bridgehead atoms. The first kappa shape index (κ1) is 40.6. The van der Waals surface area contributed by atoms with Crippen LogP contribution in [0.3, 0.4) is 0 Å². The van der Waals surface area contributed by atoms with E-state index < -0.39 is 22.9 Å². The summed E-state index contributed by atoms with van der Waals surface area (Å²) in [5.74, 6) is 0.0723. The fourth-order valence-electron chi connectivity index (χ4n) is 5.17. The average molecular weight is 695 g/mol. The van der Waals surface area contributed by atoms with Crippen LogP contribution in [0.4, 0.5) is 0 Å². The van der Waals surface area contributed by atoms with Gasteiger partial charge < -0.3 is 18.3 Å². The van der Waals surface area contributed by atoms with Crippen molar-refractivity contribution in [3.8, 4) is 0 Å². The van der Waals surface area contributed by atoms with E-state index in [0.29, 0.717) is 26.2 Å².